The van der Waals surface area contributed by atoms with Crippen molar-refractivity contribution in [3.8, 4) is 67.5 Å². The summed E-state index contributed by atoms with van der Waals surface area (Å²) in [5, 5.41) is 12.3. The summed E-state index contributed by atoms with van der Waals surface area (Å²) in [4.78, 5) is 10.5. The Labute approximate surface area is 378 Å². The van der Waals surface area contributed by atoms with Crippen molar-refractivity contribution in [2.24, 2.45) is 0 Å². The van der Waals surface area contributed by atoms with Crippen molar-refractivity contribution in [2.75, 3.05) is 0 Å². The zero-order valence-corrected chi connectivity index (χ0v) is 39.2. The predicted octanol–water partition coefficient (Wildman–Crippen LogP) is 15.2. The Morgan fingerprint density at radius 1 is 0.656 bits per heavy atom. The van der Waals surface area contributed by atoms with Gasteiger partial charge in [0.15, 0.2) is 0 Å². The largest absolute Gasteiger partial charge is 0.507 e. The molecule has 5 heteroatoms. The van der Waals surface area contributed by atoms with E-state index in [-0.39, 0.29) is 44.1 Å². The van der Waals surface area contributed by atoms with E-state index in [4.69, 9.17) is 11.3 Å². The number of benzene rings is 6. The molecule has 4 nitrogen and oxygen atoms in total. The van der Waals surface area contributed by atoms with Crippen LogP contribution in [-0.2, 0) is 26.5 Å². The summed E-state index contributed by atoms with van der Waals surface area (Å²) >= 11 is 0. The molecule has 0 spiro atoms. The molecular formula is C56H56N3OPt-. The quantitative estimate of drug-likeness (QED) is 0.147. The molecule has 2 heterocycles. The van der Waals surface area contributed by atoms with Gasteiger partial charge in [0.2, 0.25) is 0 Å². The van der Waals surface area contributed by atoms with Crippen LogP contribution in [0.4, 0.5) is 0 Å². The third-order valence-corrected chi connectivity index (χ3v) is 11.7. The fraction of sp³-hybridized carbons (Fsp3) is 0.250. The molecule has 8 rings (SSSR count). The molecule has 0 atom stereocenters. The number of aryl methyl sites for hydroxylation is 1. The first-order valence-electron chi connectivity index (χ1n) is 21.7. The van der Waals surface area contributed by atoms with Crippen molar-refractivity contribution in [3.63, 3.8) is 0 Å². The van der Waals surface area contributed by atoms with E-state index in [1.54, 1.807) is 0 Å². The van der Waals surface area contributed by atoms with Crippen molar-refractivity contribution in [2.45, 2.75) is 92.4 Å². The molecule has 0 radical (unpaired) electrons. The number of rotatable bonds is 9. The van der Waals surface area contributed by atoms with Crippen LogP contribution >= 0.6 is 0 Å². The van der Waals surface area contributed by atoms with Gasteiger partial charge in [0, 0.05) is 39.9 Å². The van der Waals surface area contributed by atoms with Gasteiger partial charge in [-0.15, -0.1) is 29.3 Å². The normalized spacial score (nSPS) is 12.2. The Bertz CT molecular complexity index is 2900. The molecule has 0 saturated heterocycles. The Hall–Kier alpha value is -5.57. The molecule has 0 amide bonds. The van der Waals surface area contributed by atoms with Crippen LogP contribution in [0.15, 0.2) is 134 Å². The van der Waals surface area contributed by atoms with E-state index in [1.165, 1.54) is 11.1 Å². The Kier molecular flexibility index (Phi) is 12.0. The molecule has 1 N–H and O–H groups in total. The van der Waals surface area contributed by atoms with Crippen molar-refractivity contribution in [3.05, 3.63) is 167 Å². The molecule has 0 fully saturated rings. The zero-order valence-electron chi connectivity index (χ0n) is 38.0. The fourth-order valence-electron chi connectivity index (χ4n) is 8.05. The third kappa shape index (κ3) is 8.66. The second-order valence-corrected chi connectivity index (χ2v) is 18.1. The molecule has 0 saturated carbocycles. The molecule has 6 aromatic carbocycles. The van der Waals surface area contributed by atoms with E-state index in [2.05, 4.69) is 187 Å². The van der Waals surface area contributed by atoms with Gasteiger partial charge in [-0.25, -0.2) is 4.98 Å². The molecule has 0 aliphatic carbocycles. The molecule has 2 aromatic heterocycles. The molecule has 61 heavy (non-hydrogen) atoms. The SMILES string of the molecule is [2H]C(C)(C)c1ccc(-n2c(-c3cc(C(C)C)cc(C(C)C)c3O)nc3c(-c4[c-]c(-c5cc(-c6ccc(C)cc6)ccn5)cc(C(C)(C)C)c4)cccc32)c(-c2ccccc2)c1.[Pt]. The summed E-state index contributed by atoms with van der Waals surface area (Å²) in [6.45, 7) is 21.3. The van der Waals surface area contributed by atoms with Crippen LogP contribution in [0.3, 0.4) is 0 Å². The average Bonchev–Trinajstić information content (AvgIpc) is 3.62. The van der Waals surface area contributed by atoms with Crippen LogP contribution in [0.1, 0.15) is 109 Å². The van der Waals surface area contributed by atoms with Crippen molar-refractivity contribution in [1.82, 2.24) is 14.5 Å². The van der Waals surface area contributed by atoms with Crippen LogP contribution < -0.4 is 0 Å². The maximum absolute atomic E-state index is 12.3. The number of phenols is 1. The number of fused-ring (bicyclic) bond motifs is 1. The first kappa shape index (κ1) is 42.1. The van der Waals surface area contributed by atoms with Gasteiger partial charge >= 0.3 is 0 Å². The van der Waals surface area contributed by atoms with Gasteiger partial charge in [0.05, 0.1) is 22.3 Å². The smallest absolute Gasteiger partial charge is 0.148 e. The predicted molar refractivity (Wildman–Crippen MR) is 252 cm³/mol. The minimum Gasteiger partial charge on any atom is -0.507 e. The van der Waals surface area contributed by atoms with Crippen LogP contribution in [0.2, 0.25) is 0 Å². The number of pyridine rings is 1. The average molecular weight is 983 g/mol. The van der Waals surface area contributed by atoms with Crippen LogP contribution in [0, 0.1) is 13.0 Å². The minimum absolute atomic E-state index is 0. The topological polar surface area (TPSA) is 50.9 Å². The second kappa shape index (κ2) is 17.4. The van der Waals surface area contributed by atoms with Crippen LogP contribution in [-0.4, -0.2) is 19.6 Å². The first-order valence-corrected chi connectivity index (χ1v) is 21.2. The third-order valence-electron chi connectivity index (χ3n) is 11.7. The summed E-state index contributed by atoms with van der Waals surface area (Å²) < 4.78 is 11.2. The fourth-order valence-corrected chi connectivity index (χ4v) is 8.05. The maximum atomic E-state index is 12.3. The molecule has 8 aromatic rings. The number of imidazole rings is 1. The van der Waals surface area contributed by atoms with Gasteiger partial charge in [-0.2, -0.15) is 0 Å². The second-order valence-electron chi connectivity index (χ2n) is 18.1. The Morgan fingerprint density at radius 2 is 1.36 bits per heavy atom. The van der Waals surface area contributed by atoms with Crippen molar-refractivity contribution in [1.29, 1.82) is 0 Å². The Balaban J connectivity index is 0.00000578. The maximum Gasteiger partial charge on any atom is 0.148 e. The summed E-state index contributed by atoms with van der Waals surface area (Å²) in [6, 6.07) is 48.4. The van der Waals surface area contributed by atoms with E-state index in [1.807, 2.05) is 26.1 Å². The molecular weight excluding hydrogens is 926 g/mol. The number of aromatic nitrogens is 3. The van der Waals surface area contributed by atoms with Crippen molar-refractivity contribution >= 4 is 11.0 Å². The van der Waals surface area contributed by atoms with E-state index in [9.17, 15) is 5.11 Å². The minimum atomic E-state index is -0.814. The monoisotopic (exact) mass is 982 g/mol. The van der Waals surface area contributed by atoms with Crippen molar-refractivity contribution < 1.29 is 27.5 Å². The van der Waals surface area contributed by atoms with Gasteiger partial charge in [-0.3, -0.25) is 9.55 Å². The molecule has 0 aliphatic heterocycles. The van der Waals surface area contributed by atoms with Gasteiger partial charge < -0.3 is 5.11 Å². The number of nitrogens with zero attached hydrogens (tertiary/aromatic N) is 3. The number of hydrogen-bond donors (Lipinski definition) is 1. The standard InChI is InChI=1S/C56H56N3O.Pt/c1-34(2)40-23-24-51(48(30-40)39-15-12-11-13-16-39)59-52-18-14-17-46(53(52)58-55(59)49-32-42(35(3)4)31-47(36(5)6)54(49)60)43-27-44(29-45(28-43)56(8,9)10)50-33-41(25-26-57-50)38-21-19-37(7)20-22-38;/h11-26,28-36,60H,1-10H3;/q-1;/i34D;. The van der Waals surface area contributed by atoms with E-state index >= 15 is 0 Å². The summed E-state index contributed by atoms with van der Waals surface area (Å²) in [5.41, 5.74) is 16.4. The van der Waals surface area contributed by atoms with E-state index in [0.717, 1.165) is 78.0 Å². The van der Waals surface area contributed by atoms with E-state index in [0.29, 0.717) is 11.4 Å². The van der Waals surface area contributed by atoms with Gasteiger partial charge in [-0.1, -0.05) is 164 Å². The number of aromatic hydroxyl groups is 1. The summed E-state index contributed by atoms with van der Waals surface area (Å²) in [5.74, 6) is 0.404. The first-order chi connectivity index (χ1) is 29.0. The molecule has 0 bridgehead atoms. The number of para-hydroxylation sites is 1. The van der Waals surface area contributed by atoms with Gasteiger partial charge in [0.1, 0.15) is 11.6 Å². The molecule has 0 aliphatic rings. The molecule has 312 valence electrons. The van der Waals surface area contributed by atoms with Crippen LogP contribution in [0.25, 0.3) is 72.7 Å². The van der Waals surface area contributed by atoms with E-state index < -0.39 is 5.89 Å². The van der Waals surface area contributed by atoms with Crippen LogP contribution in [0.5, 0.6) is 5.75 Å². The summed E-state index contributed by atoms with van der Waals surface area (Å²) in [6.07, 6.45) is 1.89. The molecule has 0 unspecified atom stereocenters. The Morgan fingerprint density at radius 3 is 2.03 bits per heavy atom. The number of hydrogen-bond acceptors (Lipinski definition) is 3. The zero-order chi connectivity index (χ0) is 43.4. The van der Waals surface area contributed by atoms with Gasteiger partial charge in [0.25, 0.3) is 0 Å². The van der Waals surface area contributed by atoms with Gasteiger partial charge in [-0.05, 0) is 93.8 Å². The number of phenolic OH excluding ortho intramolecular Hbond substituents is 1. The summed E-state index contributed by atoms with van der Waals surface area (Å²) in [7, 11) is 0.